The average molecular weight is 449 g/mol. The second-order valence-corrected chi connectivity index (χ2v) is 9.87. The Morgan fingerprint density at radius 1 is 1.07 bits per heavy atom. The molecule has 152 valence electrons. The van der Waals surface area contributed by atoms with Crippen LogP contribution in [-0.2, 0) is 21.4 Å². The molecule has 0 aliphatic carbocycles. The van der Waals surface area contributed by atoms with Gasteiger partial charge >= 0.3 is 0 Å². The summed E-state index contributed by atoms with van der Waals surface area (Å²) in [5, 5.41) is 5.14. The fraction of sp³-hybridized carbons (Fsp3) is 0.190. The van der Waals surface area contributed by atoms with Crippen molar-refractivity contribution in [1.82, 2.24) is 5.32 Å². The molecule has 3 rings (SSSR count). The van der Waals surface area contributed by atoms with Gasteiger partial charge in [-0.1, -0.05) is 41.4 Å². The number of amides is 1. The number of hydrogen-bond acceptors (Lipinski definition) is 4. The van der Waals surface area contributed by atoms with E-state index in [9.17, 15) is 13.2 Å². The van der Waals surface area contributed by atoms with Gasteiger partial charge in [-0.15, -0.1) is 11.3 Å². The average Bonchev–Trinajstić information content (AvgIpc) is 3.21. The van der Waals surface area contributed by atoms with Crippen LogP contribution in [0.1, 0.15) is 16.0 Å². The zero-order valence-corrected chi connectivity index (χ0v) is 18.4. The van der Waals surface area contributed by atoms with Gasteiger partial charge < -0.3 is 5.32 Å². The Hall–Kier alpha value is -2.35. The number of sulfonamides is 1. The van der Waals surface area contributed by atoms with Crippen LogP contribution < -0.4 is 9.62 Å². The minimum Gasteiger partial charge on any atom is -0.350 e. The molecule has 1 N–H and O–H groups in total. The molecule has 0 aliphatic heterocycles. The minimum atomic E-state index is -3.96. The maximum absolute atomic E-state index is 13.4. The second kappa shape index (κ2) is 8.98. The van der Waals surface area contributed by atoms with Gasteiger partial charge in [0.05, 0.1) is 17.1 Å². The molecule has 8 heteroatoms. The van der Waals surface area contributed by atoms with Crippen LogP contribution in [0.15, 0.2) is 64.9 Å². The zero-order valence-electron chi connectivity index (χ0n) is 16.1. The quantitative estimate of drug-likeness (QED) is 0.577. The van der Waals surface area contributed by atoms with Crippen molar-refractivity contribution in [3.63, 3.8) is 0 Å². The Kier molecular flexibility index (Phi) is 6.62. The van der Waals surface area contributed by atoms with E-state index in [1.165, 1.54) is 11.3 Å². The molecule has 0 aliphatic rings. The topological polar surface area (TPSA) is 66.5 Å². The Balaban J connectivity index is 1.94. The smallest absolute Gasteiger partial charge is 0.264 e. The number of nitrogens with zero attached hydrogens (tertiary/aromatic N) is 1. The SMILES string of the molecule is Cc1ccc(S(=O)(=O)N(CC(=O)NCc2cccs2)c2cccc(Cl)c2C)cc1. The van der Waals surface area contributed by atoms with Crippen LogP contribution in [0.4, 0.5) is 5.69 Å². The number of rotatable bonds is 7. The van der Waals surface area contributed by atoms with Crippen molar-refractivity contribution in [2.45, 2.75) is 25.3 Å². The normalized spacial score (nSPS) is 11.3. The number of thiophene rings is 1. The van der Waals surface area contributed by atoms with Crippen molar-refractivity contribution < 1.29 is 13.2 Å². The van der Waals surface area contributed by atoms with Gasteiger partial charge in [0.2, 0.25) is 5.91 Å². The molecule has 1 heterocycles. The van der Waals surface area contributed by atoms with E-state index in [4.69, 9.17) is 11.6 Å². The van der Waals surface area contributed by atoms with Crippen LogP contribution in [0.2, 0.25) is 5.02 Å². The molecule has 1 aromatic heterocycles. The van der Waals surface area contributed by atoms with Gasteiger partial charge in [0.15, 0.2) is 0 Å². The largest absolute Gasteiger partial charge is 0.350 e. The number of hydrogen-bond donors (Lipinski definition) is 1. The number of halogens is 1. The summed E-state index contributed by atoms with van der Waals surface area (Å²) in [4.78, 5) is 13.7. The first-order chi connectivity index (χ1) is 13.8. The Morgan fingerprint density at radius 2 is 1.79 bits per heavy atom. The minimum absolute atomic E-state index is 0.119. The number of aryl methyl sites for hydroxylation is 1. The predicted molar refractivity (Wildman–Crippen MR) is 118 cm³/mol. The summed E-state index contributed by atoms with van der Waals surface area (Å²) in [5.41, 5.74) is 1.92. The van der Waals surface area contributed by atoms with Gasteiger partial charge in [-0.2, -0.15) is 0 Å². The Morgan fingerprint density at radius 3 is 2.45 bits per heavy atom. The number of benzene rings is 2. The van der Waals surface area contributed by atoms with Crippen LogP contribution in [0.3, 0.4) is 0 Å². The molecule has 29 heavy (non-hydrogen) atoms. The second-order valence-electron chi connectivity index (χ2n) is 6.56. The lowest BCUT2D eigenvalue weighted by molar-refractivity contribution is -0.119. The molecule has 0 unspecified atom stereocenters. The highest BCUT2D eigenvalue weighted by Crippen LogP contribution is 2.30. The van der Waals surface area contributed by atoms with Crippen molar-refractivity contribution in [2.75, 3.05) is 10.8 Å². The molecule has 2 aromatic carbocycles. The number of carbonyl (C=O) groups is 1. The van der Waals surface area contributed by atoms with Gasteiger partial charge in [0, 0.05) is 9.90 Å². The van der Waals surface area contributed by atoms with Crippen molar-refractivity contribution in [1.29, 1.82) is 0 Å². The third-order valence-corrected chi connectivity index (χ3v) is 7.50. The summed E-state index contributed by atoms with van der Waals surface area (Å²) in [6.07, 6.45) is 0. The fourth-order valence-corrected chi connectivity index (χ4v) is 5.08. The number of anilines is 1. The van der Waals surface area contributed by atoms with Gasteiger partial charge in [-0.25, -0.2) is 8.42 Å². The van der Waals surface area contributed by atoms with E-state index in [1.807, 2.05) is 24.4 Å². The first kappa shape index (κ1) is 21.4. The summed E-state index contributed by atoms with van der Waals surface area (Å²) in [5.74, 6) is -0.395. The summed E-state index contributed by atoms with van der Waals surface area (Å²) < 4.78 is 27.9. The maximum Gasteiger partial charge on any atom is 0.264 e. The molecule has 3 aromatic rings. The molecule has 0 radical (unpaired) electrons. The summed E-state index contributed by atoms with van der Waals surface area (Å²) in [6.45, 7) is 3.62. The molecule has 0 atom stereocenters. The highest BCUT2D eigenvalue weighted by Gasteiger charge is 2.28. The molecular weight excluding hydrogens is 428 g/mol. The summed E-state index contributed by atoms with van der Waals surface area (Å²) in [7, 11) is -3.96. The van der Waals surface area contributed by atoms with E-state index in [1.54, 1.807) is 49.4 Å². The molecule has 0 saturated heterocycles. The van der Waals surface area contributed by atoms with Crippen LogP contribution in [0.5, 0.6) is 0 Å². The molecular formula is C21H21ClN2O3S2. The van der Waals surface area contributed by atoms with Crippen molar-refractivity contribution in [3.8, 4) is 0 Å². The van der Waals surface area contributed by atoms with E-state index >= 15 is 0 Å². The van der Waals surface area contributed by atoms with E-state index in [0.717, 1.165) is 14.7 Å². The Bertz CT molecular complexity index is 1100. The highest BCUT2D eigenvalue weighted by molar-refractivity contribution is 7.92. The third-order valence-electron chi connectivity index (χ3n) is 4.44. The fourth-order valence-electron chi connectivity index (χ4n) is 2.79. The van der Waals surface area contributed by atoms with Crippen molar-refractivity contribution in [3.05, 3.63) is 81.0 Å². The molecule has 1 amide bonds. The lowest BCUT2D eigenvalue weighted by Crippen LogP contribution is -2.41. The number of nitrogens with one attached hydrogen (secondary N) is 1. The van der Waals surface area contributed by atoms with Gasteiger partial charge in [-0.3, -0.25) is 9.10 Å². The lowest BCUT2D eigenvalue weighted by atomic mass is 10.2. The maximum atomic E-state index is 13.4. The van der Waals surface area contributed by atoms with Gasteiger partial charge in [-0.05, 0) is 55.1 Å². The molecule has 0 bridgehead atoms. The molecule has 0 saturated carbocycles. The van der Waals surface area contributed by atoms with Crippen LogP contribution >= 0.6 is 22.9 Å². The van der Waals surface area contributed by atoms with Crippen molar-refractivity contribution in [2.24, 2.45) is 0 Å². The van der Waals surface area contributed by atoms with E-state index < -0.39 is 15.9 Å². The molecule has 5 nitrogen and oxygen atoms in total. The van der Waals surface area contributed by atoms with Gasteiger partial charge in [0.1, 0.15) is 6.54 Å². The standard InChI is InChI=1S/C21H21ClN2O3S2/c1-15-8-10-18(11-9-15)29(26,27)24(20-7-3-6-19(22)16(20)2)14-21(25)23-13-17-5-4-12-28-17/h3-12H,13-14H2,1-2H3,(H,23,25). The monoisotopic (exact) mass is 448 g/mol. The van der Waals surface area contributed by atoms with Crippen LogP contribution in [0, 0.1) is 13.8 Å². The Labute approximate surface area is 180 Å². The zero-order chi connectivity index (χ0) is 21.0. The van der Waals surface area contributed by atoms with Crippen LogP contribution in [0.25, 0.3) is 0 Å². The summed E-state index contributed by atoms with van der Waals surface area (Å²) >= 11 is 7.74. The van der Waals surface area contributed by atoms with Crippen LogP contribution in [-0.4, -0.2) is 20.9 Å². The summed E-state index contributed by atoms with van der Waals surface area (Å²) in [6, 6.07) is 15.4. The van der Waals surface area contributed by atoms with Gasteiger partial charge in [0.25, 0.3) is 10.0 Å². The third kappa shape index (κ3) is 4.98. The predicted octanol–water partition coefficient (Wildman–Crippen LogP) is 4.53. The first-order valence-corrected chi connectivity index (χ1v) is 11.6. The van der Waals surface area contributed by atoms with E-state index in [0.29, 0.717) is 22.8 Å². The first-order valence-electron chi connectivity index (χ1n) is 8.92. The lowest BCUT2D eigenvalue weighted by Gasteiger charge is -2.26. The van der Waals surface area contributed by atoms with E-state index in [-0.39, 0.29) is 11.4 Å². The van der Waals surface area contributed by atoms with E-state index in [2.05, 4.69) is 5.32 Å². The molecule has 0 fully saturated rings. The van der Waals surface area contributed by atoms with Crippen molar-refractivity contribution >= 4 is 44.6 Å². The highest BCUT2D eigenvalue weighted by atomic mass is 35.5. The molecule has 0 spiro atoms. The number of carbonyl (C=O) groups excluding carboxylic acids is 1.